The van der Waals surface area contributed by atoms with Crippen molar-refractivity contribution in [1.29, 1.82) is 0 Å². The van der Waals surface area contributed by atoms with Gasteiger partial charge in [-0.05, 0) is 28.7 Å². The highest BCUT2D eigenvalue weighted by Crippen LogP contribution is 2.40. The predicted molar refractivity (Wildman–Crippen MR) is 91.5 cm³/mol. The number of nitrogens with one attached hydrogen (secondary N) is 1. The van der Waals surface area contributed by atoms with Crippen LogP contribution in [0, 0.1) is 0 Å². The maximum Gasteiger partial charge on any atom is 0.329 e. The largest absolute Gasteiger partial charge is 0.329 e. The van der Waals surface area contributed by atoms with E-state index in [0.29, 0.717) is 17.7 Å². The highest BCUT2D eigenvalue weighted by atomic mass is 31.2. The molecule has 0 aromatic rings. The van der Waals surface area contributed by atoms with Crippen LogP contribution in [0.15, 0.2) is 36.4 Å². The van der Waals surface area contributed by atoms with Crippen LogP contribution in [0.1, 0.15) is 30.9 Å². The molecule has 0 aliphatic heterocycles. The van der Waals surface area contributed by atoms with Crippen LogP contribution in [0.25, 0.3) is 11.1 Å². The van der Waals surface area contributed by atoms with Gasteiger partial charge in [0.2, 0.25) is 5.91 Å². The summed E-state index contributed by atoms with van der Waals surface area (Å²) in [7, 11) is -4.17. The number of fused-ring (bicyclic) bond motifs is 1. The predicted octanol–water partition coefficient (Wildman–Crippen LogP) is 2.86. The summed E-state index contributed by atoms with van der Waals surface area (Å²) >= 11 is 0. The zero-order valence-corrected chi connectivity index (χ0v) is 14.5. The molecule has 2 aliphatic carbocycles. The number of rotatable bonds is 8. The summed E-state index contributed by atoms with van der Waals surface area (Å²) in [6, 6.07) is 10.8. The molecule has 1 amide bonds. The van der Waals surface area contributed by atoms with E-state index in [1.54, 1.807) is 18.2 Å². The molecule has 7 heteroatoms. The molecule has 0 aromatic carbocycles. The lowest BCUT2D eigenvalue weighted by Gasteiger charge is -2.08. The second-order valence-electron chi connectivity index (χ2n) is 5.70. The SMILES string of the molecule is CCCCONC(=O)Cc1cc(CP(=O)(O)O)ccc2cccc1-2. The molecule has 0 unspecified atom stereocenters. The molecule has 24 heavy (non-hydrogen) atoms. The van der Waals surface area contributed by atoms with Crippen molar-refractivity contribution in [2.24, 2.45) is 0 Å². The first-order chi connectivity index (χ1) is 11.4. The topological polar surface area (TPSA) is 95.9 Å². The van der Waals surface area contributed by atoms with E-state index in [1.165, 1.54) is 0 Å². The van der Waals surface area contributed by atoms with E-state index in [9.17, 15) is 19.1 Å². The summed E-state index contributed by atoms with van der Waals surface area (Å²) in [6.07, 6.45) is 1.56. The van der Waals surface area contributed by atoms with Crippen LogP contribution >= 0.6 is 7.60 Å². The van der Waals surface area contributed by atoms with Gasteiger partial charge < -0.3 is 9.79 Å². The maximum absolute atomic E-state index is 12.1. The number of amides is 1. The second-order valence-corrected chi connectivity index (χ2v) is 7.35. The van der Waals surface area contributed by atoms with E-state index < -0.39 is 7.60 Å². The lowest BCUT2D eigenvalue weighted by molar-refractivity contribution is -0.132. The van der Waals surface area contributed by atoms with Gasteiger partial charge in [-0.15, -0.1) is 0 Å². The van der Waals surface area contributed by atoms with Gasteiger partial charge in [0.15, 0.2) is 0 Å². The molecule has 3 N–H and O–H groups in total. The molecule has 2 aliphatic rings. The van der Waals surface area contributed by atoms with Gasteiger partial charge in [0.25, 0.3) is 0 Å². The second kappa shape index (κ2) is 8.40. The number of carbonyl (C=O) groups excluding carboxylic acids is 1. The fourth-order valence-electron chi connectivity index (χ4n) is 2.46. The Bertz CT molecular complexity index is 712. The van der Waals surface area contributed by atoms with Gasteiger partial charge in [-0.2, -0.15) is 0 Å². The number of hydroxylamine groups is 1. The molecule has 0 heterocycles. The third kappa shape index (κ3) is 5.73. The normalized spacial score (nSPS) is 11.6. The average Bonchev–Trinajstić information content (AvgIpc) is 2.90. The van der Waals surface area contributed by atoms with Gasteiger partial charge >= 0.3 is 7.60 Å². The molecule has 6 nitrogen and oxygen atoms in total. The van der Waals surface area contributed by atoms with Crippen molar-refractivity contribution in [2.45, 2.75) is 32.3 Å². The zero-order valence-electron chi connectivity index (χ0n) is 13.6. The first-order valence-corrected chi connectivity index (χ1v) is 9.64. The van der Waals surface area contributed by atoms with Gasteiger partial charge in [0, 0.05) is 0 Å². The Balaban J connectivity index is 2.18. The van der Waals surface area contributed by atoms with Crippen LogP contribution in [0.4, 0.5) is 0 Å². The van der Waals surface area contributed by atoms with E-state index >= 15 is 0 Å². The van der Waals surface area contributed by atoms with Gasteiger partial charge in [-0.3, -0.25) is 14.2 Å². The minimum Gasteiger partial charge on any atom is -0.324 e. The summed E-state index contributed by atoms with van der Waals surface area (Å²) in [5.74, 6) is -0.290. The van der Waals surface area contributed by atoms with E-state index in [-0.39, 0.29) is 18.5 Å². The number of unbranched alkanes of at least 4 members (excludes halogenated alkanes) is 1. The van der Waals surface area contributed by atoms with Crippen LogP contribution < -0.4 is 5.48 Å². The van der Waals surface area contributed by atoms with E-state index in [4.69, 9.17) is 4.84 Å². The average molecular weight is 351 g/mol. The summed E-state index contributed by atoms with van der Waals surface area (Å²) in [5, 5.41) is 0. The highest BCUT2D eigenvalue weighted by Gasteiger charge is 2.17. The minimum atomic E-state index is -4.17. The number of hydrogen-bond acceptors (Lipinski definition) is 3. The van der Waals surface area contributed by atoms with Crippen LogP contribution in [0.2, 0.25) is 0 Å². The molecule has 0 saturated heterocycles. The Hall–Kier alpha value is -1.72. The quantitative estimate of drug-likeness (QED) is 0.386. The van der Waals surface area contributed by atoms with Crippen molar-refractivity contribution in [3.8, 4) is 11.1 Å². The molecular formula is C17H22NO5P. The summed E-state index contributed by atoms with van der Waals surface area (Å²) in [5.41, 5.74) is 5.41. The Morgan fingerprint density at radius 3 is 2.75 bits per heavy atom. The van der Waals surface area contributed by atoms with E-state index in [1.807, 2.05) is 25.1 Å². The fraction of sp³-hybridized carbons (Fsp3) is 0.353. The molecule has 0 bridgehead atoms. The molecule has 0 aromatic heterocycles. The molecule has 2 rings (SSSR count). The Kier molecular flexibility index (Phi) is 6.52. The molecule has 0 atom stereocenters. The van der Waals surface area contributed by atoms with Crippen molar-refractivity contribution in [3.63, 3.8) is 0 Å². The van der Waals surface area contributed by atoms with Crippen LogP contribution in [-0.2, 0) is 26.8 Å². The first-order valence-electron chi connectivity index (χ1n) is 7.85. The lowest BCUT2D eigenvalue weighted by atomic mass is 10.0. The summed E-state index contributed by atoms with van der Waals surface area (Å²) in [6.45, 7) is 2.49. The maximum atomic E-state index is 12.1. The molecule has 0 spiro atoms. The highest BCUT2D eigenvalue weighted by molar-refractivity contribution is 7.50. The van der Waals surface area contributed by atoms with Crippen molar-refractivity contribution in [1.82, 2.24) is 5.48 Å². The zero-order chi connectivity index (χ0) is 17.6. The summed E-state index contributed by atoms with van der Waals surface area (Å²) in [4.78, 5) is 35.5. The Morgan fingerprint density at radius 1 is 1.25 bits per heavy atom. The van der Waals surface area contributed by atoms with Crippen LogP contribution in [0.5, 0.6) is 0 Å². The Labute approximate surface area is 141 Å². The molecule has 0 saturated carbocycles. The fourth-order valence-corrected chi connectivity index (χ4v) is 3.13. The lowest BCUT2D eigenvalue weighted by Crippen LogP contribution is -2.26. The smallest absolute Gasteiger partial charge is 0.324 e. The Morgan fingerprint density at radius 2 is 2.04 bits per heavy atom. The van der Waals surface area contributed by atoms with Gasteiger partial charge in [0.1, 0.15) is 0 Å². The van der Waals surface area contributed by atoms with Crippen molar-refractivity contribution < 1.29 is 24.0 Å². The minimum absolute atomic E-state index is 0.0788. The third-order valence-electron chi connectivity index (χ3n) is 3.56. The van der Waals surface area contributed by atoms with Crippen molar-refractivity contribution in [2.75, 3.05) is 6.61 Å². The first kappa shape index (κ1) is 18.6. The van der Waals surface area contributed by atoms with Crippen molar-refractivity contribution in [3.05, 3.63) is 47.5 Å². The molecule has 130 valence electrons. The van der Waals surface area contributed by atoms with Crippen LogP contribution in [-0.4, -0.2) is 22.3 Å². The van der Waals surface area contributed by atoms with Gasteiger partial charge in [-0.25, -0.2) is 5.48 Å². The molecular weight excluding hydrogens is 329 g/mol. The monoisotopic (exact) mass is 351 g/mol. The van der Waals surface area contributed by atoms with E-state index in [0.717, 1.165) is 24.0 Å². The van der Waals surface area contributed by atoms with Gasteiger partial charge in [-0.1, -0.05) is 49.7 Å². The van der Waals surface area contributed by atoms with Crippen molar-refractivity contribution >= 4 is 13.5 Å². The van der Waals surface area contributed by atoms with E-state index in [2.05, 4.69) is 5.48 Å². The third-order valence-corrected chi connectivity index (χ3v) is 4.33. The summed E-state index contributed by atoms with van der Waals surface area (Å²) < 4.78 is 11.3. The standard InChI is InChI=1S/C17H22NO5P/c1-2-3-9-23-18-17(19)11-15-10-13(12-24(20,21)22)7-8-14-5-4-6-16(14)15/h4-8,10H,2-3,9,11-12H2,1H3,(H,18,19)(H2,20,21,22). The van der Waals surface area contributed by atoms with Gasteiger partial charge in [0.05, 0.1) is 19.2 Å². The van der Waals surface area contributed by atoms with Crippen LogP contribution in [0.3, 0.4) is 0 Å². The number of hydrogen-bond donors (Lipinski definition) is 3. The molecule has 0 fully saturated rings. The molecule has 0 radical (unpaired) electrons. The number of carbonyl (C=O) groups is 1.